The average Bonchev–Trinajstić information content (AvgIpc) is 2.05. The van der Waals surface area contributed by atoms with Gasteiger partial charge in [0.2, 0.25) is 0 Å². The van der Waals surface area contributed by atoms with Gasteiger partial charge in [-0.1, -0.05) is 26.0 Å². The zero-order chi connectivity index (χ0) is 9.14. The molecule has 1 radical (unpaired) electrons. The summed E-state index contributed by atoms with van der Waals surface area (Å²) >= 11 is 0. The molecule has 0 aliphatic rings. The molecule has 0 saturated carbocycles. The summed E-state index contributed by atoms with van der Waals surface area (Å²) in [5.41, 5.74) is 3.73. The Morgan fingerprint density at radius 2 is 1.92 bits per heavy atom. The summed E-state index contributed by atoms with van der Waals surface area (Å²) < 4.78 is 0. The molecule has 1 rings (SSSR count). The van der Waals surface area contributed by atoms with E-state index in [1.165, 1.54) is 11.1 Å². The fourth-order valence-corrected chi connectivity index (χ4v) is 1.23. The van der Waals surface area contributed by atoms with Crippen molar-refractivity contribution in [2.75, 3.05) is 7.05 Å². The van der Waals surface area contributed by atoms with Crippen molar-refractivity contribution in [2.24, 2.45) is 0 Å². The highest BCUT2D eigenvalue weighted by Gasteiger charge is 2.02. The summed E-state index contributed by atoms with van der Waals surface area (Å²) in [4.78, 5) is 0. The van der Waals surface area contributed by atoms with Crippen LogP contribution in [0.5, 0.6) is 0 Å². The SMILES string of the molecule is C[N]c1cc(C(C)C)ccc1C. The van der Waals surface area contributed by atoms with Gasteiger partial charge in [-0.15, -0.1) is 0 Å². The van der Waals surface area contributed by atoms with Crippen LogP contribution in [0.4, 0.5) is 5.69 Å². The van der Waals surface area contributed by atoms with E-state index >= 15 is 0 Å². The van der Waals surface area contributed by atoms with Crippen LogP contribution in [0.1, 0.15) is 30.9 Å². The largest absolute Gasteiger partial charge is 0.288 e. The summed E-state index contributed by atoms with van der Waals surface area (Å²) in [6.45, 7) is 6.49. The van der Waals surface area contributed by atoms with Gasteiger partial charge in [-0.3, -0.25) is 5.32 Å². The molecule has 0 heterocycles. The summed E-state index contributed by atoms with van der Waals surface area (Å²) in [6.07, 6.45) is 0. The second-order valence-electron chi connectivity index (χ2n) is 3.42. The Morgan fingerprint density at radius 3 is 2.42 bits per heavy atom. The predicted molar refractivity (Wildman–Crippen MR) is 53.0 cm³/mol. The Labute approximate surface area is 74.8 Å². The third-order valence-corrected chi connectivity index (χ3v) is 2.14. The average molecular weight is 162 g/mol. The first-order chi connectivity index (χ1) is 5.65. The second-order valence-corrected chi connectivity index (χ2v) is 3.42. The fraction of sp³-hybridized carbons (Fsp3) is 0.455. The van der Waals surface area contributed by atoms with Crippen LogP contribution in [0.15, 0.2) is 18.2 Å². The third-order valence-electron chi connectivity index (χ3n) is 2.14. The van der Waals surface area contributed by atoms with Gasteiger partial charge >= 0.3 is 0 Å². The Kier molecular flexibility index (Phi) is 2.74. The summed E-state index contributed by atoms with van der Waals surface area (Å²) in [5.74, 6) is 0.589. The third kappa shape index (κ3) is 1.79. The molecular formula is C11H16N. The molecule has 0 saturated heterocycles. The lowest BCUT2D eigenvalue weighted by Gasteiger charge is -2.08. The summed E-state index contributed by atoms with van der Waals surface area (Å²) in [6, 6.07) is 6.48. The minimum Gasteiger partial charge on any atom is -0.288 e. The van der Waals surface area contributed by atoms with Crippen LogP contribution in [0, 0.1) is 6.92 Å². The maximum Gasteiger partial charge on any atom is 0.0602 e. The topological polar surface area (TPSA) is 14.1 Å². The van der Waals surface area contributed by atoms with Gasteiger partial charge in [0.15, 0.2) is 0 Å². The first-order valence-electron chi connectivity index (χ1n) is 4.35. The number of benzene rings is 1. The molecule has 1 aromatic carbocycles. The van der Waals surface area contributed by atoms with Crippen molar-refractivity contribution >= 4 is 5.69 Å². The van der Waals surface area contributed by atoms with Gasteiger partial charge in [0.05, 0.1) is 5.69 Å². The van der Waals surface area contributed by atoms with Crippen molar-refractivity contribution in [2.45, 2.75) is 26.7 Å². The normalized spacial score (nSPS) is 10.4. The molecule has 1 nitrogen and oxygen atoms in total. The molecule has 0 amide bonds. The number of hydrogen-bond acceptors (Lipinski definition) is 0. The molecule has 0 aliphatic heterocycles. The summed E-state index contributed by atoms with van der Waals surface area (Å²) in [5, 5.41) is 4.21. The number of aryl methyl sites for hydroxylation is 1. The predicted octanol–water partition coefficient (Wildman–Crippen LogP) is 2.98. The lowest BCUT2D eigenvalue weighted by molar-refractivity contribution is 0.862. The molecule has 0 aliphatic carbocycles. The maximum atomic E-state index is 4.21. The molecule has 0 unspecified atom stereocenters. The maximum absolute atomic E-state index is 4.21. The summed E-state index contributed by atoms with van der Waals surface area (Å²) in [7, 11) is 1.84. The van der Waals surface area contributed by atoms with Crippen LogP contribution in [-0.2, 0) is 0 Å². The van der Waals surface area contributed by atoms with Crippen LogP contribution in [-0.4, -0.2) is 7.05 Å². The molecule has 1 aromatic rings. The first kappa shape index (κ1) is 9.11. The van der Waals surface area contributed by atoms with E-state index in [4.69, 9.17) is 0 Å². The molecule has 0 spiro atoms. The minimum absolute atomic E-state index is 0.589. The standard InChI is InChI=1S/C11H16N/c1-8(2)10-6-5-9(3)11(7-10)12-4/h5-8H,1-4H3. The minimum atomic E-state index is 0.589. The monoisotopic (exact) mass is 162 g/mol. The molecule has 65 valence electrons. The molecule has 1 heteroatoms. The Morgan fingerprint density at radius 1 is 1.25 bits per heavy atom. The van der Waals surface area contributed by atoms with Crippen molar-refractivity contribution < 1.29 is 0 Å². The molecule has 0 fully saturated rings. The van der Waals surface area contributed by atoms with Crippen molar-refractivity contribution in [3.8, 4) is 0 Å². The molecule has 0 N–H and O–H groups in total. The van der Waals surface area contributed by atoms with Crippen LogP contribution >= 0.6 is 0 Å². The second kappa shape index (κ2) is 3.61. The number of nitrogens with zero attached hydrogens (tertiary/aromatic N) is 1. The molecule has 0 aromatic heterocycles. The van der Waals surface area contributed by atoms with E-state index in [9.17, 15) is 0 Å². The Bertz CT molecular complexity index is 264. The zero-order valence-electron chi connectivity index (χ0n) is 8.26. The quantitative estimate of drug-likeness (QED) is 0.634. The van der Waals surface area contributed by atoms with E-state index in [0.717, 1.165) is 5.69 Å². The van der Waals surface area contributed by atoms with Crippen molar-refractivity contribution in [1.29, 1.82) is 0 Å². The van der Waals surface area contributed by atoms with E-state index in [0.29, 0.717) is 5.92 Å². The number of hydrogen-bond donors (Lipinski definition) is 0. The molecule has 0 atom stereocenters. The van der Waals surface area contributed by atoms with Crippen LogP contribution in [0.3, 0.4) is 0 Å². The van der Waals surface area contributed by atoms with Gasteiger partial charge in [0.25, 0.3) is 0 Å². The van der Waals surface area contributed by atoms with Crippen LogP contribution < -0.4 is 5.32 Å². The lowest BCUT2D eigenvalue weighted by Crippen LogP contribution is -1.94. The van der Waals surface area contributed by atoms with Gasteiger partial charge < -0.3 is 0 Å². The van der Waals surface area contributed by atoms with Crippen molar-refractivity contribution in [3.05, 3.63) is 29.3 Å². The van der Waals surface area contributed by atoms with E-state index < -0.39 is 0 Å². The van der Waals surface area contributed by atoms with E-state index in [1.54, 1.807) is 0 Å². The van der Waals surface area contributed by atoms with Gasteiger partial charge in [-0.05, 0) is 30.0 Å². The first-order valence-corrected chi connectivity index (χ1v) is 4.35. The lowest BCUT2D eigenvalue weighted by atomic mass is 10.0. The highest BCUT2D eigenvalue weighted by atomic mass is 14.8. The Hall–Kier alpha value is -0.980. The van der Waals surface area contributed by atoms with Gasteiger partial charge in [0, 0.05) is 7.05 Å². The highest BCUT2D eigenvalue weighted by molar-refractivity contribution is 5.47. The number of rotatable bonds is 2. The van der Waals surface area contributed by atoms with Crippen molar-refractivity contribution in [1.82, 2.24) is 5.32 Å². The zero-order valence-corrected chi connectivity index (χ0v) is 8.26. The van der Waals surface area contributed by atoms with Gasteiger partial charge in [0.1, 0.15) is 0 Å². The van der Waals surface area contributed by atoms with Gasteiger partial charge in [-0.25, -0.2) is 0 Å². The fourth-order valence-electron chi connectivity index (χ4n) is 1.23. The molecular weight excluding hydrogens is 146 g/mol. The molecule has 12 heavy (non-hydrogen) atoms. The smallest absolute Gasteiger partial charge is 0.0602 e. The highest BCUT2D eigenvalue weighted by Crippen LogP contribution is 2.21. The Balaban J connectivity index is 3.05. The van der Waals surface area contributed by atoms with Crippen molar-refractivity contribution in [3.63, 3.8) is 0 Å². The van der Waals surface area contributed by atoms with Gasteiger partial charge in [-0.2, -0.15) is 0 Å². The van der Waals surface area contributed by atoms with E-state index in [2.05, 4.69) is 44.3 Å². The molecule has 0 bridgehead atoms. The van der Waals surface area contributed by atoms with Crippen LogP contribution in [0.25, 0.3) is 0 Å². The van der Waals surface area contributed by atoms with E-state index in [-0.39, 0.29) is 0 Å². The van der Waals surface area contributed by atoms with Crippen LogP contribution in [0.2, 0.25) is 0 Å². The van der Waals surface area contributed by atoms with E-state index in [1.807, 2.05) is 7.05 Å².